The van der Waals surface area contributed by atoms with Gasteiger partial charge in [0.25, 0.3) is 0 Å². The Balaban J connectivity index is 0.00000288. The Labute approximate surface area is 150 Å². The second-order valence-electron chi connectivity index (χ2n) is 6.40. The molecule has 1 amide bonds. The van der Waals surface area contributed by atoms with Crippen molar-refractivity contribution in [1.29, 1.82) is 0 Å². The average Bonchev–Trinajstić information content (AvgIpc) is 2.54. The number of hydrogen-bond donors (Lipinski definition) is 2. The smallest absolute Gasteiger partial charge is 0.240 e. The van der Waals surface area contributed by atoms with E-state index in [0.29, 0.717) is 32.6 Å². The summed E-state index contributed by atoms with van der Waals surface area (Å²) in [5.41, 5.74) is 7.50. The fraction of sp³-hybridized carbons (Fsp3) is 0.611. The van der Waals surface area contributed by atoms with Crippen LogP contribution < -0.4 is 15.8 Å². The topological polar surface area (TPSA) is 73.6 Å². The number of benzene rings is 1. The highest BCUT2D eigenvalue weighted by atomic mass is 35.5. The number of carbonyl (C=O) groups is 1. The Kier molecular flexibility index (Phi) is 8.00. The molecule has 24 heavy (non-hydrogen) atoms. The summed E-state index contributed by atoms with van der Waals surface area (Å²) in [6.45, 7) is 7.66. The Morgan fingerprint density at radius 3 is 2.71 bits per heavy atom. The number of nitrogens with two attached hydrogens (primary N) is 1. The Hall–Kier alpha value is -1.30. The van der Waals surface area contributed by atoms with Gasteiger partial charge in [-0.1, -0.05) is 19.1 Å². The lowest BCUT2D eigenvalue weighted by molar-refractivity contribution is -0.129. The zero-order chi connectivity index (χ0) is 16.9. The quantitative estimate of drug-likeness (QED) is 0.821. The zero-order valence-corrected chi connectivity index (χ0v) is 15.6. The average molecular weight is 357 g/mol. The fourth-order valence-electron chi connectivity index (χ4n) is 2.53. The van der Waals surface area contributed by atoms with E-state index in [9.17, 15) is 4.79 Å². The van der Waals surface area contributed by atoms with Crippen LogP contribution in [0.1, 0.15) is 44.2 Å². The molecule has 0 radical (unpaired) electrons. The van der Waals surface area contributed by atoms with Gasteiger partial charge >= 0.3 is 0 Å². The molecule has 6 heteroatoms. The lowest BCUT2D eigenvalue weighted by Crippen LogP contribution is -2.56. The summed E-state index contributed by atoms with van der Waals surface area (Å²) in [6.07, 6.45) is 2.19. The molecule has 2 rings (SSSR count). The van der Waals surface area contributed by atoms with E-state index in [0.717, 1.165) is 23.3 Å². The molecule has 1 heterocycles. The Morgan fingerprint density at radius 1 is 1.42 bits per heavy atom. The van der Waals surface area contributed by atoms with Gasteiger partial charge in [0.1, 0.15) is 5.75 Å². The molecule has 5 nitrogen and oxygen atoms in total. The highest BCUT2D eigenvalue weighted by molar-refractivity contribution is 5.86. The molecule has 1 aliphatic heterocycles. The number of aryl methyl sites for hydroxylation is 1. The minimum Gasteiger partial charge on any atom is -0.490 e. The minimum absolute atomic E-state index is 0. The van der Waals surface area contributed by atoms with Crippen LogP contribution in [-0.4, -0.2) is 30.8 Å². The van der Waals surface area contributed by atoms with E-state index in [1.807, 2.05) is 32.0 Å². The number of ether oxygens (including phenoxy) is 2. The predicted octanol–water partition coefficient (Wildman–Crippen LogP) is 2.72. The molecule has 1 aromatic rings. The third-order valence-corrected chi connectivity index (χ3v) is 4.40. The number of rotatable bonds is 6. The lowest BCUT2D eigenvalue weighted by atomic mass is 9.90. The standard InChI is InChI=1S/C18H28N2O3.ClH/c1-4-14(3)23-16-11-13(2)5-6-15(16)12-20-17(21)18(19)7-9-22-10-8-18;/h5-6,11,14H,4,7-10,12,19H2,1-3H3,(H,20,21);1H. The van der Waals surface area contributed by atoms with Crippen molar-refractivity contribution in [3.05, 3.63) is 29.3 Å². The van der Waals surface area contributed by atoms with Crippen molar-refractivity contribution in [2.45, 2.75) is 58.2 Å². The summed E-state index contributed by atoms with van der Waals surface area (Å²) in [6, 6.07) is 6.04. The molecule has 0 aromatic heterocycles. The van der Waals surface area contributed by atoms with Crippen molar-refractivity contribution >= 4 is 18.3 Å². The first-order valence-corrected chi connectivity index (χ1v) is 8.35. The summed E-state index contributed by atoms with van der Waals surface area (Å²) in [5.74, 6) is 0.716. The second-order valence-corrected chi connectivity index (χ2v) is 6.40. The Morgan fingerprint density at radius 2 is 2.08 bits per heavy atom. The first-order chi connectivity index (χ1) is 10.9. The van der Waals surface area contributed by atoms with Crippen LogP contribution in [0.5, 0.6) is 5.75 Å². The molecule has 136 valence electrons. The number of nitrogens with one attached hydrogen (secondary N) is 1. The van der Waals surface area contributed by atoms with Crippen molar-refractivity contribution < 1.29 is 14.3 Å². The number of hydrogen-bond acceptors (Lipinski definition) is 4. The van der Waals surface area contributed by atoms with Gasteiger partial charge in [0.15, 0.2) is 0 Å². The molecule has 0 spiro atoms. The first kappa shape index (κ1) is 20.7. The van der Waals surface area contributed by atoms with Crippen LogP contribution in [0.2, 0.25) is 0 Å². The van der Waals surface area contributed by atoms with Crippen LogP contribution in [0.15, 0.2) is 18.2 Å². The molecule has 0 aliphatic carbocycles. The molecule has 0 saturated carbocycles. The molecule has 0 bridgehead atoms. The van der Waals surface area contributed by atoms with Crippen LogP contribution >= 0.6 is 12.4 Å². The van der Waals surface area contributed by atoms with Crippen LogP contribution in [-0.2, 0) is 16.1 Å². The van der Waals surface area contributed by atoms with E-state index in [1.165, 1.54) is 0 Å². The Bertz CT molecular complexity index is 545. The molecular weight excluding hydrogens is 328 g/mol. The van der Waals surface area contributed by atoms with Gasteiger partial charge in [0.2, 0.25) is 5.91 Å². The van der Waals surface area contributed by atoms with Crippen LogP contribution in [0.4, 0.5) is 0 Å². The summed E-state index contributed by atoms with van der Waals surface area (Å²) < 4.78 is 11.3. The highest BCUT2D eigenvalue weighted by Crippen LogP contribution is 2.23. The summed E-state index contributed by atoms with van der Waals surface area (Å²) in [4.78, 5) is 12.4. The summed E-state index contributed by atoms with van der Waals surface area (Å²) in [5, 5.41) is 2.96. The lowest BCUT2D eigenvalue weighted by Gasteiger charge is -2.31. The van der Waals surface area contributed by atoms with Crippen molar-refractivity contribution in [2.24, 2.45) is 5.73 Å². The summed E-state index contributed by atoms with van der Waals surface area (Å²) >= 11 is 0. The van der Waals surface area contributed by atoms with Crippen molar-refractivity contribution in [2.75, 3.05) is 13.2 Å². The van der Waals surface area contributed by atoms with Crippen molar-refractivity contribution in [3.8, 4) is 5.75 Å². The van der Waals surface area contributed by atoms with Gasteiger partial charge < -0.3 is 20.5 Å². The molecule has 1 unspecified atom stereocenters. The van der Waals surface area contributed by atoms with Gasteiger partial charge in [0.05, 0.1) is 11.6 Å². The van der Waals surface area contributed by atoms with Gasteiger partial charge in [0, 0.05) is 25.3 Å². The largest absolute Gasteiger partial charge is 0.490 e. The molecule has 3 N–H and O–H groups in total. The molecular formula is C18H29ClN2O3. The monoisotopic (exact) mass is 356 g/mol. The number of halogens is 1. The molecule has 1 atom stereocenters. The number of amides is 1. The van der Waals surface area contributed by atoms with E-state index in [-0.39, 0.29) is 24.4 Å². The van der Waals surface area contributed by atoms with Gasteiger partial charge in [-0.25, -0.2) is 0 Å². The maximum atomic E-state index is 12.4. The second kappa shape index (κ2) is 9.25. The van der Waals surface area contributed by atoms with Crippen LogP contribution in [0.25, 0.3) is 0 Å². The van der Waals surface area contributed by atoms with E-state index in [4.69, 9.17) is 15.2 Å². The van der Waals surface area contributed by atoms with E-state index in [1.54, 1.807) is 0 Å². The van der Waals surface area contributed by atoms with E-state index in [2.05, 4.69) is 12.2 Å². The van der Waals surface area contributed by atoms with Gasteiger partial charge in [-0.15, -0.1) is 12.4 Å². The SMILES string of the molecule is CCC(C)Oc1cc(C)ccc1CNC(=O)C1(N)CCOCC1.Cl. The zero-order valence-electron chi connectivity index (χ0n) is 14.8. The van der Waals surface area contributed by atoms with Crippen molar-refractivity contribution in [1.82, 2.24) is 5.32 Å². The maximum absolute atomic E-state index is 12.4. The van der Waals surface area contributed by atoms with Gasteiger partial charge in [-0.3, -0.25) is 4.79 Å². The van der Waals surface area contributed by atoms with Crippen LogP contribution in [0.3, 0.4) is 0 Å². The predicted molar refractivity (Wildman–Crippen MR) is 97.6 cm³/mol. The van der Waals surface area contributed by atoms with Gasteiger partial charge in [-0.2, -0.15) is 0 Å². The van der Waals surface area contributed by atoms with Gasteiger partial charge in [-0.05, 0) is 44.7 Å². The highest BCUT2D eigenvalue weighted by Gasteiger charge is 2.35. The number of carbonyl (C=O) groups excluding carboxylic acids is 1. The third-order valence-electron chi connectivity index (χ3n) is 4.40. The van der Waals surface area contributed by atoms with Crippen molar-refractivity contribution in [3.63, 3.8) is 0 Å². The minimum atomic E-state index is -0.819. The normalized spacial score (nSPS) is 17.5. The maximum Gasteiger partial charge on any atom is 0.240 e. The van der Waals surface area contributed by atoms with E-state index < -0.39 is 5.54 Å². The molecule has 1 aromatic carbocycles. The molecule has 1 fully saturated rings. The third kappa shape index (κ3) is 5.36. The first-order valence-electron chi connectivity index (χ1n) is 8.35. The van der Waals surface area contributed by atoms with E-state index >= 15 is 0 Å². The summed E-state index contributed by atoms with van der Waals surface area (Å²) in [7, 11) is 0. The fourth-order valence-corrected chi connectivity index (χ4v) is 2.53. The molecule has 1 aliphatic rings. The van der Waals surface area contributed by atoms with Crippen LogP contribution in [0, 0.1) is 6.92 Å². The molecule has 1 saturated heterocycles.